The van der Waals surface area contributed by atoms with Gasteiger partial charge in [-0.25, -0.2) is 4.39 Å². The van der Waals surface area contributed by atoms with E-state index in [-0.39, 0.29) is 5.75 Å². The summed E-state index contributed by atoms with van der Waals surface area (Å²) in [7, 11) is 0. The summed E-state index contributed by atoms with van der Waals surface area (Å²) in [5.41, 5.74) is -1.30. The summed E-state index contributed by atoms with van der Waals surface area (Å²) in [6.07, 6.45) is -3.79. The molecule has 1 aliphatic rings. The van der Waals surface area contributed by atoms with Crippen LogP contribution in [-0.2, 0) is 6.18 Å². The number of benzene rings is 1. The maximum atomic E-state index is 13.4. The molecular weight excluding hydrogens is 226 g/mol. The van der Waals surface area contributed by atoms with Gasteiger partial charge in [0.2, 0.25) is 0 Å². The largest absolute Gasteiger partial charge is 0.419 e. The highest BCUT2D eigenvalue weighted by Crippen LogP contribution is 2.35. The van der Waals surface area contributed by atoms with Gasteiger partial charge in [-0.2, -0.15) is 13.2 Å². The second-order valence-corrected chi connectivity index (χ2v) is 3.49. The number of hydroxylamine groups is 2. The average molecular weight is 235 g/mol. The van der Waals surface area contributed by atoms with E-state index in [1.807, 2.05) is 0 Å². The summed E-state index contributed by atoms with van der Waals surface area (Å²) in [4.78, 5) is 4.98. The second kappa shape index (κ2) is 3.93. The monoisotopic (exact) mass is 235 g/mol. The zero-order valence-electron chi connectivity index (χ0n) is 8.22. The third-order valence-corrected chi connectivity index (χ3v) is 2.31. The van der Waals surface area contributed by atoms with Gasteiger partial charge < -0.3 is 4.84 Å². The molecule has 6 heteroatoms. The van der Waals surface area contributed by atoms with Crippen LogP contribution in [0.25, 0.3) is 0 Å². The molecule has 1 saturated heterocycles. The fourth-order valence-corrected chi connectivity index (χ4v) is 1.32. The third-order valence-electron chi connectivity index (χ3n) is 2.31. The molecule has 1 heterocycles. The first kappa shape index (κ1) is 11.2. The lowest BCUT2D eigenvalue weighted by Crippen LogP contribution is -2.40. The molecule has 0 spiro atoms. The van der Waals surface area contributed by atoms with Crippen molar-refractivity contribution in [3.05, 3.63) is 29.6 Å². The van der Waals surface area contributed by atoms with Crippen LogP contribution in [-0.4, -0.2) is 18.2 Å². The Morgan fingerprint density at radius 3 is 2.38 bits per heavy atom. The predicted octanol–water partition coefficient (Wildman–Crippen LogP) is 2.84. The van der Waals surface area contributed by atoms with Gasteiger partial charge in [0, 0.05) is 13.1 Å². The molecule has 0 N–H and O–H groups in total. The van der Waals surface area contributed by atoms with Crippen LogP contribution < -0.4 is 4.84 Å². The van der Waals surface area contributed by atoms with Crippen LogP contribution in [0, 0.1) is 5.82 Å². The van der Waals surface area contributed by atoms with Gasteiger partial charge >= 0.3 is 6.18 Å². The quantitative estimate of drug-likeness (QED) is 0.731. The zero-order valence-corrected chi connectivity index (χ0v) is 8.22. The van der Waals surface area contributed by atoms with E-state index in [9.17, 15) is 17.6 Å². The van der Waals surface area contributed by atoms with E-state index in [2.05, 4.69) is 0 Å². The zero-order chi connectivity index (χ0) is 11.8. The van der Waals surface area contributed by atoms with Crippen molar-refractivity contribution in [2.24, 2.45) is 0 Å². The SMILES string of the molecule is Fc1c(ON2CCC2)cccc1C(F)(F)F. The van der Waals surface area contributed by atoms with E-state index in [0.717, 1.165) is 12.5 Å². The number of rotatable bonds is 2. The minimum Gasteiger partial charge on any atom is -0.403 e. The van der Waals surface area contributed by atoms with Crippen molar-refractivity contribution in [1.29, 1.82) is 0 Å². The van der Waals surface area contributed by atoms with Crippen molar-refractivity contribution in [3.8, 4) is 5.75 Å². The highest BCUT2D eigenvalue weighted by Gasteiger charge is 2.35. The Labute approximate surface area is 89.4 Å². The van der Waals surface area contributed by atoms with Gasteiger partial charge in [0.25, 0.3) is 0 Å². The molecule has 0 amide bonds. The highest BCUT2D eigenvalue weighted by molar-refractivity contribution is 5.32. The molecule has 0 radical (unpaired) electrons. The predicted molar refractivity (Wildman–Crippen MR) is 48.2 cm³/mol. The molecule has 1 fully saturated rings. The van der Waals surface area contributed by atoms with Crippen LogP contribution in [0.2, 0.25) is 0 Å². The highest BCUT2D eigenvalue weighted by atomic mass is 19.4. The Balaban J connectivity index is 2.25. The summed E-state index contributed by atoms with van der Waals surface area (Å²) in [6.45, 7) is 1.21. The molecule has 1 aliphatic heterocycles. The number of halogens is 4. The topological polar surface area (TPSA) is 12.5 Å². The van der Waals surface area contributed by atoms with E-state index in [1.165, 1.54) is 11.1 Å². The minimum atomic E-state index is -4.70. The Bertz CT molecular complexity index is 387. The molecule has 88 valence electrons. The summed E-state index contributed by atoms with van der Waals surface area (Å²) >= 11 is 0. The lowest BCUT2D eigenvalue weighted by molar-refractivity contribution is -0.142. The van der Waals surface area contributed by atoms with E-state index in [1.54, 1.807) is 0 Å². The molecular formula is C10H9F4NO. The van der Waals surface area contributed by atoms with Gasteiger partial charge in [-0.15, -0.1) is 5.06 Å². The number of hydrogen-bond acceptors (Lipinski definition) is 2. The number of hydrogen-bond donors (Lipinski definition) is 0. The summed E-state index contributed by atoms with van der Waals surface area (Å²) in [5.74, 6) is -1.74. The van der Waals surface area contributed by atoms with Crippen LogP contribution >= 0.6 is 0 Å². The fourth-order valence-electron chi connectivity index (χ4n) is 1.32. The van der Waals surface area contributed by atoms with Crippen molar-refractivity contribution in [1.82, 2.24) is 5.06 Å². The number of nitrogens with zero attached hydrogens (tertiary/aromatic N) is 1. The summed E-state index contributed by atoms with van der Waals surface area (Å²) in [5, 5.41) is 1.42. The van der Waals surface area contributed by atoms with Gasteiger partial charge in [0.05, 0.1) is 5.56 Å². The standard InChI is InChI=1S/C10H9F4NO/c11-9-7(10(12,13)14)3-1-4-8(9)16-15-5-2-6-15/h1,3-4H,2,5-6H2. The van der Waals surface area contributed by atoms with E-state index >= 15 is 0 Å². The Hall–Kier alpha value is -1.30. The maximum Gasteiger partial charge on any atom is 0.419 e. The van der Waals surface area contributed by atoms with Crippen molar-refractivity contribution < 1.29 is 22.4 Å². The first-order valence-electron chi connectivity index (χ1n) is 4.77. The smallest absolute Gasteiger partial charge is 0.403 e. The third kappa shape index (κ3) is 2.11. The van der Waals surface area contributed by atoms with Gasteiger partial charge in [-0.05, 0) is 18.6 Å². The van der Waals surface area contributed by atoms with Crippen LogP contribution in [0.15, 0.2) is 18.2 Å². The van der Waals surface area contributed by atoms with Crippen LogP contribution in [0.1, 0.15) is 12.0 Å². The second-order valence-electron chi connectivity index (χ2n) is 3.49. The molecule has 16 heavy (non-hydrogen) atoms. The molecule has 2 nitrogen and oxygen atoms in total. The van der Waals surface area contributed by atoms with Gasteiger partial charge in [0.1, 0.15) is 0 Å². The first-order valence-corrected chi connectivity index (χ1v) is 4.77. The van der Waals surface area contributed by atoms with Gasteiger partial charge in [-0.3, -0.25) is 0 Å². The molecule has 0 aliphatic carbocycles. The average Bonchev–Trinajstić information content (AvgIpc) is 2.11. The summed E-state index contributed by atoms with van der Waals surface area (Å²) < 4.78 is 50.5. The van der Waals surface area contributed by atoms with Crippen LogP contribution in [0.4, 0.5) is 17.6 Å². The van der Waals surface area contributed by atoms with Gasteiger partial charge in [0.15, 0.2) is 11.6 Å². The first-order chi connectivity index (χ1) is 7.48. The van der Waals surface area contributed by atoms with Crippen molar-refractivity contribution >= 4 is 0 Å². The minimum absolute atomic E-state index is 0.380. The fraction of sp³-hybridized carbons (Fsp3) is 0.400. The lowest BCUT2D eigenvalue weighted by atomic mass is 10.2. The lowest BCUT2D eigenvalue weighted by Gasteiger charge is -2.30. The molecule has 0 saturated carbocycles. The molecule has 2 rings (SSSR count). The van der Waals surface area contributed by atoms with Crippen LogP contribution in [0.3, 0.4) is 0 Å². The molecule has 0 aromatic heterocycles. The Kier molecular flexibility index (Phi) is 2.75. The Morgan fingerprint density at radius 2 is 1.88 bits per heavy atom. The Morgan fingerprint density at radius 1 is 1.19 bits per heavy atom. The van der Waals surface area contributed by atoms with Gasteiger partial charge in [-0.1, -0.05) is 6.07 Å². The molecule has 0 atom stereocenters. The van der Waals surface area contributed by atoms with Crippen molar-refractivity contribution in [2.45, 2.75) is 12.6 Å². The normalized spacial score (nSPS) is 17.0. The summed E-state index contributed by atoms with van der Waals surface area (Å²) in [6, 6.07) is 3.00. The van der Waals surface area contributed by atoms with E-state index in [0.29, 0.717) is 19.2 Å². The number of alkyl halides is 3. The van der Waals surface area contributed by atoms with Crippen molar-refractivity contribution in [2.75, 3.05) is 13.1 Å². The van der Waals surface area contributed by atoms with Crippen molar-refractivity contribution in [3.63, 3.8) is 0 Å². The molecule has 1 aromatic rings. The maximum absolute atomic E-state index is 13.4. The molecule has 0 unspecified atom stereocenters. The molecule has 0 bridgehead atoms. The van der Waals surface area contributed by atoms with E-state index < -0.39 is 17.6 Å². The van der Waals surface area contributed by atoms with E-state index in [4.69, 9.17) is 4.84 Å². The molecule has 1 aromatic carbocycles. The van der Waals surface area contributed by atoms with Crippen LogP contribution in [0.5, 0.6) is 5.75 Å².